The summed E-state index contributed by atoms with van der Waals surface area (Å²) in [4.78, 5) is 17.3. The van der Waals surface area contributed by atoms with Crippen molar-refractivity contribution in [3.8, 4) is 16.9 Å². The second-order valence-electron chi connectivity index (χ2n) is 6.51. The van der Waals surface area contributed by atoms with Gasteiger partial charge in [0.15, 0.2) is 0 Å². The number of nitrogens with zero attached hydrogens (tertiary/aromatic N) is 3. The van der Waals surface area contributed by atoms with Crippen molar-refractivity contribution in [1.82, 2.24) is 14.7 Å². The molecule has 7 heteroatoms. The minimum Gasteiger partial charge on any atom is -0.496 e. The molecule has 4 aromatic rings. The van der Waals surface area contributed by atoms with Crippen LogP contribution in [0, 0.1) is 13.8 Å². The lowest BCUT2D eigenvalue weighted by atomic mass is 9.99. The quantitative estimate of drug-likeness (QED) is 0.468. The molecule has 28 heavy (non-hydrogen) atoms. The van der Waals surface area contributed by atoms with Crippen molar-refractivity contribution in [3.05, 3.63) is 74.6 Å². The van der Waals surface area contributed by atoms with Crippen molar-refractivity contribution in [2.45, 2.75) is 20.4 Å². The van der Waals surface area contributed by atoms with E-state index in [-0.39, 0.29) is 5.56 Å². The second-order valence-corrected chi connectivity index (χ2v) is 7.42. The van der Waals surface area contributed by atoms with Crippen LogP contribution in [0.15, 0.2) is 56.4 Å². The van der Waals surface area contributed by atoms with Crippen LogP contribution in [0.2, 0.25) is 0 Å². The molecular formula is C21H18BrN3O3. The van der Waals surface area contributed by atoms with E-state index in [2.05, 4.69) is 26.1 Å². The molecule has 3 heterocycles. The number of benzene rings is 1. The molecule has 0 spiro atoms. The van der Waals surface area contributed by atoms with Gasteiger partial charge in [-0.15, -0.1) is 0 Å². The summed E-state index contributed by atoms with van der Waals surface area (Å²) >= 11 is 3.39. The Labute approximate surface area is 169 Å². The molecule has 0 aliphatic heterocycles. The van der Waals surface area contributed by atoms with Crippen LogP contribution in [0.25, 0.3) is 22.0 Å². The van der Waals surface area contributed by atoms with Gasteiger partial charge in [-0.3, -0.25) is 9.78 Å². The number of halogens is 1. The number of ether oxygens (including phenoxy) is 1. The van der Waals surface area contributed by atoms with E-state index >= 15 is 0 Å². The normalized spacial score (nSPS) is 11.1. The molecule has 0 radical (unpaired) electrons. The van der Waals surface area contributed by atoms with Crippen molar-refractivity contribution < 1.29 is 9.26 Å². The number of fused-ring (bicyclic) bond motifs is 1. The average Bonchev–Trinajstić information content (AvgIpc) is 3.02. The van der Waals surface area contributed by atoms with E-state index in [0.29, 0.717) is 18.1 Å². The standard InChI is InChI=1S/C21H18BrN3O3/c1-12-19(13(2)28-24-12)20-17(27-3)8-4-14-5-9-18(26)25(21(14)20)11-16-7-6-15(22)10-23-16/h4-10H,11H2,1-3H3. The maximum absolute atomic E-state index is 12.8. The Kier molecular flexibility index (Phi) is 4.77. The lowest BCUT2D eigenvalue weighted by Crippen LogP contribution is -2.21. The number of aromatic nitrogens is 3. The SMILES string of the molecule is COc1ccc2ccc(=O)n(Cc3ccc(Br)cn3)c2c1-c1c(C)noc1C. The first-order valence-corrected chi connectivity index (χ1v) is 9.53. The molecule has 3 aromatic heterocycles. The molecule has 0 aliphatic carbocycles. The van der Waals surface area contributed by atoms with Gasteiger partial charge in [0.2, 0.25) is 0 Å². The minimum absolute atomic E-state index is 0.113. The van der Waals surface area contributed by atoms with Gasteiger partial charge in [0.25, 0.3) is 5.56 Å². The van der Waals surface area contributed by atoms with Crippen LogP contribution in [-0.4, -0.2) is 21.8 Å². The Morgan fingerprint density at radius 3 is 2.54 bits per heavy atom. The number of pyridine rings is 2. The van der Waals surface area contributed by atoms with E-state index in [1.165, 1.54) is 0 Å². The van der Waals surface area contributed by atoms with Gasteiger partial charge in [0.05, 0.1) is 41.7 Å². The molecule has 0 N–H and O–H groups in total. The Morgan fingerprint density at radius 2 is 1.89 bits per heavy atom. The first-order valence-electron chi connectivity index (χ1n) is 8.74. The summed E-state index contributed by atoms with van der Waals surface area (Å²) in [7, 11) is 1.62. The molecule has 0 atom stereocenters. The lowest BCUT2D eigenvalue weighted by molar-refractivity contribution is 0.393. The fourth-order valence-corrected chi connectivity index (χ4v) is 3.68. The fourth-order valence-electron chi connectivity index (χ4n) is 3.45. The monoisotopic (exact) mass is 439 g/mol. The molecule has 0 unspecified atom stereocenters. The van der Waals surface area contributed by atoms with Crippen LogP contribution in [0.4, 0.5) is 0 Å². The third kappa shape index (κ3) is 3.11. The van der Waals surface area contributed by atoms with Crippen LogP contribution >= 0.6 is 15.9 Å². The third-order valence-corrected chi connectivity index (χ3v) is 5.19. The zero-order valence-corrected chi connectivity index (χ0v) is 17.3. The molecule has 0 saturated heterocycles. The number of methoxy groups -OCH3 is 1. The van der Waals surface area contributed by atoms with E-state index in [1.54, 1.807) is 23.9 Å². The summed E-state index contributed by atoms with van der Waals surface area (Å²) in [6.45, 7) is 4.08. The summed E-state index contributed by atoms with van der Waals surface area (Å²) in [5.41, 5.74) is 3.82. The summed E-state index contributed by atoms with van der Waals surface area (Å²) in [6, 6.07) is 11.0. The average molecular weight is 440 g/mol. The van der Waals surface area contributed by atoms with Gasteiger partial charge in [-0.1, -0.05) is 5.16 Å². The Bertz CT molecular complexity index is 1210. The van der Waals surface area contributed by atoms with E-state index < -0.39 is 0 Å². The summed E-state index contributed by atoms with van der Waals surface area (Å²) in [6.07, 6.45) is 1.72. The zero-order valence-electron chi connectivity index (χ0n) is 15.7. The first kappa shape index (κ1) is 18.4. The van der Waals surface area contributed by atoms with Crippen LogP contribution < -0.4 is 10.3 Å². The maximum Gasteiger partial charge on any atom is 0.251 e. The summed E-state index contributed by atoms with van der Waals surface area (Å²) in [5.74, 6) is 1.33. The third-order valence-electron chi connectivity index (χ3n) is 4.72. The number of rotatable bonds is 4. The van der Waals surface area contributed by atoms with Gasteiger partial charge in [-0.2, -0.15) is 0 Å². The molecular weight excluding hydrogens is 422 g/mol. The molecule has 142 valence electrons. The van der Waals surface area contributed by atoms with Crippen LogP contribution in [0.3, 0.4) is 0 Å². The van der Waals surface area contributed by atoms with Gasteiger partial charge in [0, 0.05) is 16.7 Å². The number of hydrogen-bond acceptors (Lipinski definition) is 5. The Balaban J connectivity index is 2.06. The van der Waals surface area contributed by atoms with Crippen LogP contribution in [-0.2, 0) is 6.54 Å². The highest BCUT2D eigenvalue weighted by atomic mass is 79.9. The molecule has 1 aromatic carbocycles. The minimum atomic E-state index is -0.113. The van der Waals surface area contributed by atoms with E-state index in [0.717, 1.165) is 37.9 Å². The van der Waals surface area contributed by atoms with E-state index in [1.807, 2.05) is 44.2 Å². The van der Waals surface area contributed by atoms with Crippen molar-refractivity contribution >= 4 is 26.8 Å². The topological polar surface area (TPSA) is 70.2 Å². The molecule has 0 saturated carbocycles. The predicted octanol–water partition coefficient (Wildman–Crippen LogP) is 4.49. The summed E-state index contributed by atoms with van der Waals surface area (Å²) < 4.78 is 13.6. The number of hydrogen-bond donors (Lipinski definition) is 0. The largest absolute Gasteiger partial charge is 0.496 e. The molecule has 0 fully saturated rings. The highest BCUT2D eigenvalue weighted by Gasteiger charge is 2.21. The molecule has 4 rings (SSSR count). The molecule has 6 nitrogen and oxygen atoms in total. The number of aryl methyl sites for hydroxylation is 2. The summed E-state index contributed by atoms with van der Waals surface area (Å²) in [5, 5.41) is 5.01. The van der Waals surface area contributed by atoms with Gasteiger partial charge in [-0.25, -0.2) is 0 Å². The van der Waals surface area contributed by atoms with Gasteiger partial charge >= 0.3 is 0 Å². The van der Waals surface area contributed by atoms with Gasteiger partial charge < -0.3 is 13.8 Å². The zero-order chi connectivity index (χ0) is 19.8. The van der Waals surface area contributed by atoms with Crippen molar-refractivity contribution in [2.75, 3.05) is 7.11 Å². The van der Waals surface area contributed by atoms with Crippen LogP contribution in [0.1, 0.15) is 17.1 Å². The predicted molar refractivity (Wildman–Crippen MR) is 111 cm³/mol. The fraction of sp³-hybridized carbons (Fsp3) is 0.190. The van der Waals surface area contributed by atoms with Crippen molar-refractivity contribution in [2.24, 2.45) is 0 Å². The van der Waals surface area contributed by atoms with E-state index in [4.69, 9.17) is 9.26 Å². The molecule has 0 aliphatic rings. The highest BCUT2D eigenvalue weighted by Crippen LogP contribution is 2.39. The highest BCUT2D eigenvalue weighted by molar-refractivity contribution is 9.10. The van der Waals surface area contributed by atoms with Crippen molar-refractivity contribution in [1.29, 1.82) is 0 Å². The van der Waals surface area contributed by atoms with Crippen LogP contribution in [0.5, 0.6) is 5.75 Å². The van der Waals surface area contributed by atoms with Crippen molar-refractivity contribution in [3.63, 3.8) is 0 Å². The second kappa shape index (κ2) is 7.24. The first-order chi connectivity index (χ1) is 13.5. The lowest BCUT2D eigenvalue weighted by Gasteiger charge is -2.17. The van der Waals surface area contributed by atoms with E-state index in [9.17, 15) is 4.79 Å². The Hall–Kier alpha value is -2.93. The Morgan fingerprint density at radius 1 is 1.11 bits per heavy atom. The smallest absolute Gasteiger partial charge is 0.251 e. The van der Waals surface area contributed by atoms with Gasteiger partial charge in [0.1, 0.15) is 11.5 Å². The van der Waals surface area contributed by atoms with Gasteiger partial charge in [-0.05, 0) is 65.5 Å². The molecule has 0 bridgehead atoms. The molecule has 0 amide bonds. The maximum atomic E-state index is 12.8.